The van der Waals surface area contributed by atoms with Gasteiger partial charge in [-0.1, -0.05) is 0 Å². The molecule has 0 aliphatic carbocycles. The SMILES string of the molecule is CN(C)CCNc1nc2ccc(-c3nccs3)cc2[nH]1. The van der Waals surface area contributed by atoms with Crippen molar-refractivity contribution in [3.8, 4) is 10.6 Å². The third-order valence-corrected chi connectivity index (χ3v) is 3.83. The van der Waals surface area contributed by atoms with Crippen molar-refractivity contribution in [1.29, 1.82) is 0 Å². The average Bonchev–Trinajstić information content (AvgIpc) is 3.06. The predicted octanol–water partition coefficient (Wildman–Crippen LogP) is 2.66. The van der Waals surface area contributed by atoms with Crippen molar-refractivity contribution >= 4 is 28.3 Å². The van der Waals surface area contributed by atoms with Crippen molar-refractivity contribution in [3.63, 3.8) is 0 Å². The summed E-state index contributed by atoms with van der Waals surface area (Å²) in [4.78, 5) is 14.3. The Hall–Kier alpha value is -1.92. The molecule has 0 aliphatic rings. The van der Waals surface area contributed by atoms with Crippen LogP contribution in [0.4, 0.5) is 5.95 Å². The second kappa shape index (κ2) is 5.60. The molecule has 0 saturated heterocycles. The van der Waals surface area contributed by atoms with E-state index in [0.717, 1.165) is 40.6 Å². The molecule has 0 bridgehead atoms. The molecule has 1 aromatic carbocycles. The van der Waals surface area contributed by atoms with Crippen LogP contribution >= 0.6 is 11.3 Å². The van der Waals surface area contributed by atoms with E-state index in [1.807, 2.05) is 17.6 Å². The molecule has 2 aromatic heterocycles. The summed E-state index contributed by atoms with van der Waals surface area (Å²) in [7, 11) is 4.11. The van der Waals surface area contributed by atoms with Crippen LogP contribution in [0.1, 0.15) is 0 Å². The van der Waals surface area contributed by atoms with Gasteiger partial charge in [0.05, 0.1) is 11.0 Å². The number of hydrogen-bond acceptors (Lipinski definition) is 5. The number of likely N-dealkylation sites (N-methyl/N-ethyl adjacent to an activating group) is 1. The molecule has 2 N–H and O–H groups in total. The second-order valence-corrected chi connectivity index (χ2v) is 5.78. The minimum Gasteiger partial charge on any atom is -0.355 e. The van der Waals surface area contributed by atoms with E-state index in [0.29, 0.717) is 0 Å². The number of nitrogens with zero attached hydrogens (tertiary/aromatic N) is 3. The number of anilines is 1. The van der Waals surface area contributed by atoms with Gasteiger partial charge >= 0.3 is 0 Å². The van der Waals surface area contributed by atoms with Gasteiger partial charge in [-0.25, -0.2) is 9.97 Å². The number of nitrogens with one attached hydrogen (secondary N) is 2. The Balaban J connectivity index is 1.81. The van der Waals surface area contributed by atoms with Gasteiger partial charge in [-0.15, -0.1) is 11.3 Å². The molecule has 0 spiro atoms. The van der Waals surface area contributed by atoms with E-state index in [2.05, 4.69) is 51.4 Å². The summed E-state index contributed by atoms with van der Waals surface area (Å²) in [6.45, 7) is 1.84. The maximum absolute atomic E-state index is 4.53. The van der Waals surface area contributed by atoms with Gasteiger partial charge in [0, 0.05) is 30.2 Å². The van der Waals surface area contributed by atoms with Crippen molar-refractivity contribution < 1.29 is 0 Å². The first-order valence-corrected chi connectivity index (χ1v) is 7.38. The molecule has 6 heteroatoms. The van der Waals surface area contributed by atoms with Crippen molar-refractivity contribution in [2.75, 3.05) is 32.5 Å². The Morgan fingerprint density at radius 2 is 2.25 bits per heavy atom. The van der Waals surface area contributed by atoms with Crippen LogP contribution in [0.5, 0.6) is 0 Å². The topological polar surface area (TPSA) is 56.8 Å². The number of imidazole rings is 1. The summed E-state index contributed by atoms with van der Waals surface area (Å²) < 4.78 is 0. The van der Waals surface area contributed by atoms with Crippen LogP contribution in [0.3, 0.4) is 0 Å². The predicted molar refractivity (Wildman–Crippen MR) is 84.2 cm³/mol. The van der Waals surface area contributed by atoms with E-state index in [-0.39, 0.29) is 0 Å². The third kappa shape index (κ3) is 2.81. The second-order valence-electron chi connectivity index (χ2n) is 4.88. The molecular weight excluding hydrogens is 270 g/mol. The highest BCUT2D eigenvalue weighted by atomic mass is 32.1. The van der Waals surface area contributed by atoms with E-state index in [4.69, 9.17) is 0 Å². The maximum Gasteiger partial charge on any atom is 0.201 e. The number of thiazole rings is 1. The fraction of sp³-hybridized carbons (Fsp3) is 0.286. The number of H-pyrrole nitrogens is 1. The molecule has 0 amide bonds. The Morgan fingerprint density at radius 3 is 3.00 bits per heavy atom. The summed E-state index contributed by atoms with van der Waals surface area (Å²) in [5.74, 6) is 0.818. The quantitative estimate of drug-likeness (QED) is 0.757. The summed E-state index contributed by atoms with van der Waals surface area (Å²) >= 11 is 1.64. The summed E-state index contributed by atoms with van der Waals surface area (Å²) in [5.41, 5.74) is 3.12. The molecule has 104 valence electrons. The first-order chi connectivity index (χ1) is 9.72. The van der Waals surface area contributed by atoms with Crippen LogP contribution in [0.2, 0.25) is 0 Å². The normalized spacial score (nSPS) is 11.3. The zero-order valence-corrected chi connectivity index (χ0v) is 12.4. The molecule has 3 rings (SSSR count). The molecule has 0 radical (unpaired) electrons. The Kier molecular flexibility index (Phi) is 3.66. The Labute approximate surface area is 121 Å². The molecule has 0 fully saturated rings. The number of aromatic nitrogens is 3. The largest absolute Gasteiger partial charge is 0.355 e. The molecule has 0 atom stereocenters. The first-order valence-electron chi connectivity index (χ1n) is 6.50. The van der Waals surface area contributed by atoms with Crippen LogP contribution in [-0.2, 0) is 0 Å². The van der Waals surface area contributed by atoms with Crippen LogP contribution in [-0.4, -0.2) is 47.0 Å². The zero-order chi connectivity index (χ0) is 13.9. The number of benzene rings is 1. The maximum atomic E-state index is 4.53. The summed E-state index contributed by atoms with van der Waals surface area (Å²) in [6, 6.07) is 6.18. The smallest absolute Gasteiger partial charge is 0.201 e. The number of hydrogen-bond donors (Lipinski definition) is 2. The minimum atomic E-state index is 0.818. The summed E-state index contributed by atoms with van der Waals surface area (Å²) in [6.07, 6.45) is 1.82. The highest BCUT2D eigenvalue weighted by Gasteiger charge is 2.06. The lowest BCUT2D eigenvalue weighted by Gasteiger charge is -2.08. The van der Waals surface area contributed by atoms with Gasteiger partial charge in [-0.3, -0.25) is 0 Å². The standard InChI is InChI=1S/C14H17N5S/c1-19(2)7-5-16-14-17-11-4-3-10(9-12(11)18-14)13-15-6-8-20-13/h3-4,6,8-9H,5,7H2,1-2H3,(H2,16,17,18). The molecule has 0 unspecified atom stereocenters. The van der Waals surface area contributed by atoms with E-state index < -0.39 is 0 Å². The average molecular weight is 287 g/mol. The van der Waals surface area contributed by atoms with Gasteiger partial charge < -0.3 is 15.2 Å². The van der Waals surface area contributed by atoms with Crippen molar-refractivity contribution in [2.24, 2.45) is 0 Å². The first kappa shape index (κ1) is 13.1. The molecule has 5 nitrogen and oxygen atoms in total. The van der Waals surface area contributed by atoms with E-state index in [9.17, 15) is 0 Å². The zero-order valence-electron chi connectivity index (χ0n) is 11.6. The molecule has 20 heavy (non-hydrogen) atoms. The Morgan fingerprint density at radius 1 is 1.35 bits per heavy atom. The van der Waals surface area contributed by atoms with Crippen molar-refractivity contribution in [2.45, 2.75) is 0 Å². The minimum absolute atomic E-state index is 0.818. The lowest BCUT2D eigenvalue weighted by molar-refractivity contribution is 0.425. The van der Waals surface area contributed by atoms with Crippen LogP contribution in [0.15, 0.2) is 29.8 Å². The molecular formula is C14H17N5S. The van der Waals surface area contributed by atoms with Gasteiger partial charge in [0.15, 0.2) is 0 Å². The van der Waals surface area contributed by atoms with Gasteiger partial charge in [0.2, 0.25) is 5.95 Å². The van der Waals surface area contributed by atoms with Crippen LogP contribution in [0, 0.1) is 0 Å². The van der Waals surface area contributed by atoms with Gasteiger partial charge in [0.1, 0.15) is 5.01 Å². The fourth-order valence-corrected chi connectivity index (χ4v) is 2.63. The highest BCUT2D eigenvalue weighted by Crippen LogP contribution is 2.25. The van der Waals surface area contributed by atoms with Gasteiger partial charge in [-0.2, -0.15) is 0 Å². The monoisotopic (exact) mass is 287 g/mol. The summed E-state index contributed by atoms with van der Waals surface area (Å²) in [5, 5.41) is 6.32. The highest BCUT2D eigenvalue weighted by molar-refractivity contribution is 7.13. The lowest BCUT2D eigenvalue weighted by atomic mass is 10.2. The van der Waals surface area contributed by atoms with Gasteiger partial charge in [-0.05, 0) is 32.3 Å². The Bertz CT molecular complexity index is 687. The molecule has 0 aliphatic heterocycles. The van der Waals surface area contributed by atoms with Crippen molar-refractivity contribution in [1.82, 2.24) is 19.9 Å². The molecule has 0 saturated carbocycles. The third-order valence-electron chi connectivity index (χ3n) is 3.01. The van der Waals surface area contributed by atoms with Gasteiger partial charge in [0.25, 0.3) is 0 Å². The van der Waals surface area contributed by atoms with Crippen molar-refractivity contribution in [3.05, 3.63) is 29.8 Å². The van der Waals surface area contributed by atoms with E-state index >= 15 is 0 Å². The van der Waals surface area contributed by atoms with E-state index in [1.54, 1.807) is 11.3 Å². The molecule has 2 heterocycles. The van der Waals surface area contributed by atoms with Crippen LogP contribution in [0.25, 0.3) is 21.6 Å². The number of fused-ring (bicyclic) bond motifs is 1. The molecule has 3 aromatic rings. The fourth-order valence-electron chi connectivity index (χ4n) is 1.99. The number of rotatable bonds is 5. The number of aromatic amines is 1. The lowest BCUT2D eigenvalue weighted by Crippen LogP contribution is -2.21. The van der Waals surface area contributed by atoms with Crippen LogP contribution < -0.4 is 5.32 Å². The van der Waals surface area contributed by atoms with E-state index in [1.165, 1.54) is 0 Å².